The third-order valence-electron chi connectivity index (χ3n) is 5.82. The number of alkyl halides is 3. The number of aliphatic hydroxyl groups excluding tert-OH is 1. The smallest absolute Gasteiger partial charge is 0.396 e. The number of aryl methyl sites for hydroxylation is 1. The minimum atomic E-state index is -4.56. The molecule has 2 amide bonds. The van der Waals surface area contributed by atoms with Crippen molar-refractivity contribution in [1.29, 1.82) is 0 Å². The summed E-state index contributed by atoms with van der Waals surface area (Å²) in [5.74, 6) is -0.792. The highest BCUT2D eigenvalue weighted by molar-refractivity contribution is 6.04. The molecule has 2 aromatic carbocycles. The fraction of sp³-hybridized carbons (Fsp3) is 0.348. The van der Waals surface area contributed by atoms with Gasteiger partial charge in [0.15, 0.2) is 0 Å². The van der Waals surface area contributed by atoms with Crippen molar-refractivity contribution in [2.24, 2.45) is 0 Å². The average molecular weight is 460 g/mol. The third-order valence-corrected chi connectivity index (χ3v) is 5.82. The van der Waals surface area contributed by atoms with Crippen molar-refractivity contribution < 1.29 is 27.9 Å². The topological polar surface area (TPSA) is 87.5 Å². The van der Waals surface area contributed by atoms with E-state index in [0.29, 0.717) is 37.0 Å². The van der Waals surface area contributed by atoms with Crippen LogP contribution in [0, 0.1) is 0 Å². The molecule has 2 heterocycles. The molecule has 1 aliphatic heterocycles. The zero-order valence-electron chi connectivity index (χ0n) is 17.9. The van der Waals surface area contributed by atoms with Crippen LogP contribution in [-0.4, -0.2) is 51.6 Å². The van der Waals surface area contributed by atoms with Gasteiger partial charge in [-0.1, -0.05) is 12.1 Å². The Balaban J connectivity index is 1.67. The molecule has 1 fully saturated rings. The predicted molar refractivity (Wildman–Crippen MR) is 116 cm³/mol. The lowest BCUT2D eigenvalue weighted by molar-refractivity contribution is -0.137. The number of fused-ring (bicyclic) bond motifs is 1. The summed E-state index contributed by atoms with van der Waals surface area (Å²) < 4.78 is 40.8. The van der Waals surface area contributed by atoms with E-state index in [0.717, 1.165) is 17.7 Å². The lowest BCUT2D eigenvalue weighted by atomic mass is 9.97. The normalized spacial score (nSPS) is 16.6. The first kappa shape index (κ1) is 22.8. The van der Waals surface area contributed by atoms with Crippen molar-refractivity contribution >= 4 is 28.8 Å². The highest BCUT2D eigenvalue weighted by atomic mass is 19.4. The van der Waals surface area contributed by atoms with Gasteiger partial charge in [0.05, 0.1) is 22.5 Å². The SMILES string of the molecule is CN1CCC(c2ccc3c(c2)nc(NC(=O)c2cccc(C(F)(F)F)c2)n3CCCO)C1=O. The van der Waals surface area contributed by atoms with Crippen LogP contribution in [0.1, 0.15) is 40.2 Å². The Morgan fingerprint density at radius 1 is 1.24 bits per heavy atom. The molecule has 0 aliphatic carbocycles. The minimum Gasteiger partial charge on any atom is -0.396 e. The van der Waals surface area contributed by atoms with Gasteiger partial charge in [-0.2, -0.15) is 13.2 Å². The Morgan fingerprint density at radius 3 is 2.70 bits per heavy atom. The zero-order valence-corrected chi connectivity index (χ0v) is 17.9. The number of rotatable bonds is 6. The number of carbonyl (C=O) groups is 2. The number of likely N-dealkylation sites (N-methyl/N-ethyl adjacent to an activating group) is 1. The summed E-state index contributed by atoms with van der Waals surface area (Å²) >= 11 is 0. The maximum atomic E-state index is 13.0. The quantitative estimate of drug-likeness (QED) is 0.588. The monoisotopic (exact) mass is 460 g/mol. The number of benzene rings is 2. The molecular formula is C23H23F3N4O3. The van der Waals surface area contributed by atoms with Gasteiger partial charge in [-0.15, -0.1) is 0 Å². The van der Waals surface area contributed by atoms with Crippen molar-refractivity contribution in [2.75, 3.05) is 25.5 Å². The van der Waals surface area contributed by atoms with Gasteiger partial charge in [0, 0.05) is 32.3 Å². The van der Waals surface area contributed by atoms with E-state index in [4.69, 9.17) is 0 Å². The Kier molecular flexibility index (Phi) is 6.11. The molecule has 3 aromatic rings. The van der Waals surface area contributed by atoms with Crippen LogP contribution in [0.15, 0.2) is 42.5 Å². The molecule has 1 saturated heterocycles. The van der Waals surface area contributed by atoms with Crippen LogP contribution in [0.4, 0.5) is 19.1 Å². The van der Waals surface area contributed by atoms with Crippen molar-refractivity contribution in [3.05, 3.63) is 59.2 Å². The number of halogens is 3. The van der Waals surface area contributed by atoms with Crippen LogP contribution in [0.2, 0.25) is 0 Å². The van der Waals surface area contributed by atoms with E-state index in [1.165, 1.54) is 12.1 Å². The summed E-state index contributed by atoms with van der Waals surface area (Å²) in [6, 6.07) is 9.61. The van der Waals surface area contributed by atoms with Gasteiger partial charge in [0.25, 0.3) is 5.91 Å². The Bertz CT molecular complexity index is 1210. The van der Waals surface area contributed by atoms with Crippen molar-refractivity contribution in [3.63, 3.8) is 0 Å². The maximum Gasteiger partial charge on any atom is 0.416 e. The fourth-order valence-corrected chi connectivity index (χ4v) is 4.06. The van der Waals surface area contributed by atoms with Crippen LogP contribution in [0.5, 0.6) is 0 Å². The average Bonchev–Trinajstić information content (AvgIpc) is 3.30. The van der Waals surface area contributed by atoms with Gasteiger partial charge < -0.3 is 14.6 Å². The molecule has 174 valence electrons. The Labute approximate surface area is 187 Å². The van der Waals surface area contributed by atoms with Crippen molar-refractivity contribution in [1.82, 2.24) is 14.5 Å². The van der Waals surface area contributed by atoms with Crippen LogP contribution in [0.25, 0.3) is 11.0 Å². The largest absolute Gasteiger partial charge is 0.416 e. The van der Waals surface area contributed by atoms with Gasteiger partial charge in [0.1, 0.15) is 0 Å². The van der Waals surface area contributed by atoms with E-state index in [-0.39, 0.29) is 29.9 Å². The van der Waals surface area contributed by atoms with Crippen LogP contribution < -0.4 is 5.32 Å². The number of nitrogens with zero attached hydrogens (tertiary/aromatic N) is 3. The van der Waals surface area contributed by atoms with E-state index >= 15 is 0 Å². The number of imidazole rings is 1. The van der Waals surface area contributed by atoms with E-state index in [2.05, 4.69) is 10.3 Å². The number of aromatic nitrogens is 2. The summed E-state index contributed by atoms with van der Waals surface area (Å²) in [7, 11) is 1.76. The molecule has 1 unspecified atom stereocenters. The van der Waals surface area contributed by atoms with Gasteiger partial charge >= 0.3 is 6.18 Å². The second-order valence-corrected chi connectivity index (χ2v) is 8.05. The molecule has 1 aromatic heterocycles. The van der Waals surface area contributed by atoms with Crippen molar-refractivity contribution in [2.45, 2.75) is 31.5 Å². The molecule has 4 rings (SSSR count). The van der Waals surface area contributed by atoms with E-state index < -0.39 is 17.6 Å². The zero-order chi connectivity index (χ0) is 23.8. The number of anilines is 1. The molecule has 33 heavy (non-hydrogen) atoms. The van der Waals surface area contributed by atoms with Gasteiger partial charge in [-0.3, -0.25) is 14.9 Å². The molecule has 0 saturated carbocycles. The molecular weight excluding hydrogens is 437 g/mol. The van der Waals surface area contributed by atoms with Crippen LogP contribution >= 0.6 is 0 Å². The van der Waals surface area contributed by atoms with Gasteiger partial charge in [-0.25, -0.2) is 4.98 Å². The van der Waals surface area contributed by atoms with E-state index in [1.807, 2.05) is 6.07 Å². The number of aliphatic hydroxyl groups is 1. The van der Waals surface area contributed by atoms with Crippen molar-refractivity contribution in [3.8, 4) is 0 Å². The molecule has 1 aliphatic rings. The number of amides is 2. The van der Waals surface area contributed by atoms with Gasteiger partial charge in [-0.05, 0) is 48.7 Å². The van der Waals surface area contributed by atoms with Gasteiger partial charge in [0.2, 0.25) is 11.9 Å². The summed E-state index contributed by atoms with van der Waals surface area (Å²) in [6.07, 6.45) is -3.47. The first-order valence-corrected chi connectivity index (χ1v) is 10.5. The maximum absolute atomic E-state index is 13.0. The summed E-state index contributed by atoms with van der Waals surface area (Å²) in [5.41, 5.74) is 0.988. The fourth-order valence-electron chi connectivity index (χ4n) is 4.06. The molecule has 0 radical (unpaired) electrons. The third kappa shape index (κ3) is 4.56. The number of likely N-dealkylation sites (tertiary alicyclic amines) is 1. The molecule has 0 bridgehead atoms. The summed E-state index contributed by atoms with van der Waals surface area (Å²) in [6.45, 7) is 0.933. The number of hydrogen-bond acceptors (Lipinski definition) is 4. The molecule has 7 nitrogen and oxygen atoms in total. The minimum absolute atomic E-state index is 0.0344. The lowest BCUT2D eigenvalue weighted by Gasteiger charge is -2.12. The lowest BCUT2D eigenvalue weighted by Crippen LogP contribution is -2.21. The molecule has 10 heteroatoms. The van der Waals surface area contributed by atoms with Crippen LogP contribution in [-0.2, 0) is 17.5 Å². The highest BCUT2D eigenvalue weighted by Crippen LogP contribution is 2.32. The first-order chi connectivity index (χ1) is 15.7. The van der Waals surface area contributed by atoms with Crippen LogP contribution in [0.3, 0.4) is 0 Å². The summed E-state index contributed by atoms with van der Waals surface area (Å²) in [5, 5.41) is 11.9. The van der Waals surface area contributed by atoms with E-state index in [9.17, 15) is 27.9 Å². The Hall–Kier alpha value is -3.40. The second kappa shape index (κ2) is 8.86. The second-order valence-electron chi connectivity index (χ2n) is 8.05. The predicted octanol–water partition coefficient (Wildman–Crippen LogP) is 3.64. The summed E-state index contributed by atoms with van der Waals surface area (Å²) in [4.78, 5) is 31.3. The standard InChI is InChI=1S/C23H23F3N4O3/c1-29-10-8-17(21(29)33)14-6-7-19-18(13-14)27-22(30(19)9-3-11-31)28-20(32)15-4-2-5-16(12-15)23(24,25)26/h2,4-7,12-13,17,31H,3,8-11H2,1H3,(H,27,28,32). The van der Waals surface area contributed by atoms with E-state index in [1.54, 1.807) is 28.6 Å². The number of hydrogen-bond donors (Lipinski definition) is 2. The first-order valence-electron chi connectivity index (χ1n) is 10.5. The molecule has 2 N–H and O–H groups in total. The number of nitrogens with one attached hydrogen (secondary N) is 1. The number of carbonyl (C=O) groups excluding carboxylic acids is 2. The Morgan fingerprint density at radius 2 is 2.03 bits per heavy atom. The molecule has 1 atom stereocenters. The molecule has 0 spiro atoms. The highest BCUT2D eigenvalue weighted by Gasteiger charge is 2.32.